The van der Waals surface area contributed by atoms with Crippen molar-refractivity contribution in [3.63, 3.8) is 0 Å². The van der Waals surface area contributed by atoms with E-state index in [0.717, 1.165) is 13.1 Å². The van der Waals surface area contributed by atoms with Crippen molar-refractivity contribution in [2.75, 3.05) is 0 Å². The lowest BCUT2D eigenvalue weighted by atomic mass is 10.0. The first-order valence-corrected chi connectivity index (χ1v) is 7.72. The maximum atomic E-state index is 3.50. The summed E-state index contributed by atoms with van der Waals surface area (Å²) < 4.78 is 0. The molecule has 0 spiro atoms. The van der Waals surface area contributed by atoms with Gasteiger partial charge in [-0.3, -0.25) is 0 Å². The van der Waals surface area contributed by atoms with Crippen LogP contribution in [0.25, 0.3) is 11.1 Å². The molecule has 23 heavy (non-hydrogen) atoms. The molecule has 0 fully saturated rings. The van der Waals surface area contributed by atoms with Gasteiger partial charge < -0.3 is 5.32 Å². The summed E-state index contributed by atoms with van der Waals surface area (Å²) in [6.07, 6.45) is 0. The van der Waals surface area contributed by atoms with Crippen molar-refractivity contribution >= 4 is 12.4 Å². The van der Waals surface area contributed by atoms with Gasteiger partial charge in [0.05, 0.1) is 0 Å². The van der Waals surface area contributed by atoms with E-state index in [1.807, 2.05) is 6.07 Å². The predicted molar refractivity (Wildman–Crippen MR) is 101 cm³/mol. The van der Waals surface area contributed by atoms with Gasteiger partial charge in [-0.25, -0.2) is 0 Å². The molecule has 0 unspecified atom stereocenters. The van der Waals surface area contributed by atoms with Gasteiger partial charge >= 0.3 is 0 Å². The number of hydrogen-bond acceptors (Lipinski definition) is 1. The van der Waals surface area contributed by atoms with Crippen molar-refractivity contribution < 1.29 is 0 Å². The Morgan fingerprint density at radius 2 is 1.09 bits per heavy atom. The Hall–Kier alpha value is -2.09. The molecule has 0 saturated carbocycles. The van der Waals surface area contributed by atoms with Crippen LogP contribution in [0, 0.1) is 6.92 Å². The van der Waals surface area contributed by atoms with Crippen LogP contribution in [-0.2, 0) is 13.1 Å². The third kappa shape index (κ3) is 4.95. The van der Waals surface area contributed by atoms with Gasteiger partial charge in [-0.05, 0) is 29.2 Å². The minimum Gasteiger partial charge on any atom is -0.309 e. The summed E-state index contributed by atoms with van der Waals surface area (Å²) in [7, 11) is 0. The molecule has 3 aromatic carbocycles. The number of aryl methyl sites for hydroxylation is 1. The monoisotopic (exact) mass is 323 g/mol. The fraction of sp³-hybridized carbons (Fsp3) is 0.143. The summed E-state index contributed by atoms with van der Waals surface area (Å²) in [5.41, 5.74) is 6.48. The third-order valence-electron chi connectivity index (χ3n) is 3.84. The molecule has 3 aromatic rings. The molecule has 1 N–H and O–H groups in total. The summed E-state index contributed by atoms with van der Waals surface area (Å²) in [4.78, 5) is 0. The molecule has 0 aromatic heterocycles. The molecule has 0 radical (unpaired) electrons. The summed E-state index contributed by atoms with van der Waals surface area (Å²) in [6.45, 7) is 3.91. The van der Waals surface area contributed by atoms with Crippen LogP contribution in [0.3, 0.4) is 0 Å². The molecule has 0 aliphatic carbocycles. The number of rotatable bonds is 5. The first-order chi connectivity index (χ1) is 10.8. The maximum Gasteiger partial charge on any atom is 0.0208 e. The Labute approximate surface area is 144 Å². The molecule has 0 aliphatic rings. The van der Waals surface area contributed by atoms with Crippen LogP contribution < -0.4 is 5.32 Å². The average Bonchev–Trinajstić information content (AvgIpc) is 2.58. The van der Waals surface area contributed by atoms with Crippen LogP contribution in [0.4, 0.5) is 0 Å². The van der Waals surface area contributed by atoms with Crippen LogP contribution in [0.15, 0.2) is 78.9 Å². The SMILES string of the molecule is Cc1ccc(CNCc2ccc(-c3ccccc3)cc2)cc1.Cl. The highest BCUT2D eigenvalue weighted by molar-refractivity contribution is 5.85. The van der Waals surface area contributed by atoms with Gasteiger partial charge in [0.2, 0.25) is 0 Å². The van der Waals surface area contributed by atoms with Crippen LogP contribution in [-0.4, -0.2) is 0 Å². The fourth-order valence-corrected chi connectivity index (χ4v) is 2.50. The van der Waals surface area contributed by atoms with Gasteiger partial charge in [-0.15, -0.1) is 12.4 Å². The van der Waals surface area contributed by atoms with Gasteiger partial charge in [0.15, 0.2) is 0 Å². The summed E-state index contributed by atoms with van der Waals surface area (Å²) >= 11 is 0. The van der Waals surface area contributed by atoms with Gasteiger partial charge in [0.1, 0.15) is 0 Å². The average molecular weight is 324 g/mol. The standard InChI is InChI=1S/C21H21N.ClH/c1-17-7-9-18(10-8-17)15-22-16-19-11-13-21(14-12-19)20-5-3-2-4-6-20;/h2-14,22H,15-16H2,1H3;1H. The molecule has 0 bridgehead atoms. The quantitative estimate of drug-likeness (QED) is 0.665. The molecular formula is C21H22ClN. The van der Waals surface area contributed by atoms with Gasteiger partial charge in [-0.1, -0.05) is 84.4 Å². The smallest absolute Gasteiger partial charge is 0.0208 e. The van der Waals surface area contributed by atoms with Crippen molar-refractivity contribution in [3.05, 3.63) is 95.6 Å². The molecule has 0 heterocycles. The minimum absolute atomic E-state index is 0. The second-order valence-corrected chi connectivity index (χ2v) is 5.65. The van der Waals surface area contributed by atoms with E-state index in [1.54, 1.807) is 0 Å². The molecule has 1 nitrogen and oxygen atoms in total. The first-order valence-electron chi connectivity index (χ1n) is 7.72. The molecule has 0 atom stereocenters. The van der Waals surface area contributed by atoms with E-state index in [9.17, 15) is 0 Å². The lowest BCUT2D eigenvalue weighted by molar-refractivity contribution is 0.693. The van der Waals surface area contributed by atoms with Crippen LogP contribution in [0.2, 0.25) is 0 Å². The Morgan fingerprint density at radius 1 is 0.609 bits per heavy atom. The van der Waals surface area contributed by atoms with E-state index < -0.39 is 0 Å². The highest BCUT2D eigenvalue weighted by Crippen LogP contribution is 2.19. The second kappa shape index (κ2) is 8.52. The number of nitrogens with one attached hydrogen (secondary N) is 1. The van der Waals surface area contributed by atoms with Crippen LogP contribution >= 0.6 is 12.4 Å². The number of halogens is 1. The Morgan fingerprint density at radius 3 is 1.65 bits per heavy atom. The van der Waals surface area contributed by atoms with E-state index in [1.165, 1.54) is 27.8 Å². The molecular weight excluding hydrogens is 302 g/mol. The lowest BCUT2D eigenvalue weighted by Gasteiger charge is -2.07. The lowest BCUT2D eigenvalue weighted by Crippen LogP contribution is -2.12. The molecule has 118 valence electrons. The Balaban J connectivity index is 0.00000192. The number of hydrogen-bond donors (Lipinski definition) is 1. The van der Waals surface area contributed by atoms with Crippen LogP contribution in [0.1, 0.15) is 16.7 Å². The van der Waals surface area contributed by atoms with Gasteiger partial charge in [0.25, 0.3) is 0 Å². The Kier molecular flexibility index (Phi) is 6.40. The van der Waals surface area contributed by atoms with E-state index in [4.69, 9.17) is 0 Å². The summed E-state index contributed by atoms with van der Waals surface area (Å²) in [5.74, 6) is 0. The van der Waals surface area contributed by atoms with E-state index in [-0.39, 0.29) is 12.4 Å². The summed E-state index contributed by atoms with van der Waals surface area (Å²) in [6, 6.07) is 27.9. The summed E-state index contributed by atoms with van der Waals surface area (Å²) in [5, 5.41) is 3.50. The highest BCUT2D eigenvalue weighted by Gasteiger charge is 1.98. The third-order valence-corrected chi connectivity index (χ3v) is 3.84. The topological polar surface area (TPSA) is 12.0 Å². The zero-order valence-electron chi connectivity index (χ0n) is 13.3. The van der Waals surface area contributed by atoms with Crippen LogP contribution in [0.5, 0.6) is 0 Å². The largest absolute Gasteiger partial charge is 0.309 e. The molecule has 0 amide bonds. The van der Waals surface area contributed by atoms with E-state index >= 15 is 0 Å². The zero-order valence-corrected chi connectivity index (χ0v) is 14.1. The molecule has 0 aliphatic heterocycles. The predicted octanol–water partition coefficient (Wildman–Crippen LogP) is 5.37. The first kappa shape index (κ1) is 17.3. The van der Waals surface area contributed by atoms with Crippen molar-refractivity contribution in [2.45, 2.75) is 20.0 Å². The maximum absolute atomic E-state index is 3.50. The molecule has 2 heteroatoms. The van der Waals surface area contributed by atoms with E-state index in [0.29, 0.717) is 0 Å². The highest BCUT2D eigenvalue weighted by atomic mass is 35.5. The molecule has 0 saturated heterocycles. The second-order valence-electron chi connectivity index (χ2n) is 5.65. The zero-order chi connectivity index (χ0) is 15.2. The van der Waals surface area contributed by atoms with Gasteiger partial charge in [-0.2, -0.15) is 0 Å². The minimum atomic E-state index is 0. The van der Waals surface area contributed by atoms with Crippen molar-refractivity contribution in [3.8, 4) is 11.1 Å². The fourth-order valence-electron chi connectivity index (χ4n) is 2.50. The normalized spacial score (nSPS) is 10.1. The van der Waals surface area contributed by atoms with E-state index in [2.05, 4.69) is 85.0 Å². The van der Waals surface area contributed by atoms with Gasteiger partial charge in [0, 0.05) is 13.1 Å². The Bertz CT molecular complexity index is 703. The van der Waals surface area contributed by atoms with Crippen molar-refractivity contribution in [1.29, 1.82) is 0 Å². The van der Waals surface area contributed by atoms with Crippen molar-refractivity contribution in [1.82, 2.24) is 5.32 Å². The van der Waals surface area contributed by atoms with Crippen molar-refractivity contribution in [2.24, 2.45) is 0 Å². The number of benzene rings is 3. The molecule has 3 rings (SSSR count).